The molecule has 7 heteroatoms. The Hall–Kier alpha value is -2.83. The van der Waals surface area contributed by atoms with Gasteiger partial charge in [0.1, 0.15) is 17.1 Å². The van der Waals surface area contributed by atoms with Gasteiger partial charge in [-0.3, -0.25) is 9.59 Å². The standard InChI is InChI=1S/C15H15N3O4/c1-7-13(8(2)22-18-7)15(20)16-10-4-5-12-11(6-10)17-14(19)9(3)21-12/h4-6,9H,1-3H3,(H,16,20)(H,17,19)/t9-/m0/s1. The molecule has 0 bridgehead atoms. The highest BCUT2D eigenvalue weighted by Crippen LogP contribution is 2.32. The quantitative estimate of drug-likeness (QED) is 0.887. The predicted molar refractivity (Wildman–Crippen MR) is 79.1 cm³/mol. The first-order chi connectivity index (χ1) is 10.5. The summed E-state index contributed by atoms with van der Waals surface area (Å²) in [6, 6.07) is 5.06. The van der Waals surface area contributed by atoms with E-state index < -0.39 is 6.10 Å². The Bertz CT molecular complexity index is 747. The lowest BCUT2D eigenvalue weighted by Crippen LogP contribution is -2.34. The van der Waals surface area contributed by atoms with Crippen molar-refractivity contribution < 1.29 is 18.8 Å². The summed E-state index contributed by atoms with van der Waals surface area (Å²) in [6.45, 7) is 5.05. The van der Waals surface area contributed by atoms with E-state index in [1.807, 2.05) is 0 Å². The fraction of sp³-hybridized carbons (Fsp3) is 0.267. The van der Waals surface area contributed by atoms with Crippen LogP contribution in [0.25, 0.3) is 0 Å². The molecule has 0 spiro atoms. The van der Waals surface area contributed by atoms with Gasteiger partial charge in [-0.2, -0.15) is 0 Å². The van der Waals surface area contributed by atoms with Crippen LogP contribution in [0, 0.1) is 13.8 Å². The first-order valence-electron chi connectivity index (χ1n) is 6.81. The number of benzene rings is 1. The molecule has 0 unspecified atom stereocenters. The molecule has 2 heterocycles. The summed E-state index contributed by atoms with van der Waals surface area (Å²) in [5.41, 5.74) is 2.01. The maximum absolute atomic E-state index is 12.3. The zero-order valence-electron chi connectivity index (χ0n) is 12.4. The first kappa shape index (κ1) is 14.1. The maximum atomic E-state index is 12.3. The molecule has 0 fully saturated rings. The third kappa shape index (κ3) is 2.41. The molecule has 2 aromatic rings. The van der Waals surface area contributed by atoms with E-state index in [1.54, 1.807) is 39.0 Å². The van der Waals surface area contributed by atoms with Gasteiger partial charge in [0.05, 0.1) is 11.4 Å². The molecule has 114 valence electrons. The van der Waals surface area contributed by atoms with Gasteiger partial charge in [0.2, 0.25) is 0 Å². The average Bonchev–Trinajstić information content (AvgIpc) is 2.80. The number of aromatic nitrogens is 1. The van der Waals surface area contributed by atoms with Crippen molar-refractivity contribution in [3.8, 4) is 5.75 Å². The fourth-order valence-corrected chi connectivity index (χ4v) is 2.29. The van der Waals surface area contributed by atoms with Crippen LogP contribution in [-0.2, 0) is 4.79 Å². The van der Waals surface area contributed by atoms with E-state index in [0.29, 0.717) is 34.1 Å². The van der Waals surface area contributed by atoms with Crippen LogP contribution in [0.4, 0.5) is 11.4 Å². The molecule has 1 aliphatic heterocycles. The molecule has 22 heavy (non-hydrogen) atoms. The lowest BCUT2D eigenvalue weighted by Gasteiger charge is -2.23. The van der Waals surface area contributed by atoms with Crippen molar-refractivity contribution in [1.29, 1.82) is 0 Å². The van der Waals surface area contributed by atoms with Crippen molar-refractivity contribution in [2.45, 2.75) is 26.9 Å². The summed E-state index contributed by atoms with van der Waals surface area (Å²) in [6.07, 6.45) is -0.532. The molecule has 7 nitrogen and oxygen atoms in total. The summed E-state index contributed by atoms with van der Waals surface area (Å²) in [5.74, 6) is 0.496. The number of nitrogens with one attached hydrogen (secondary N) is 2. The van der Waals surface area contributed by atoms with Crippen LogP contribution in [-0.4, -0.2) is 23.1 Å². The molecule has 1 aromatic heterocycles. The van der Waals surface area contributed by atoms with Crippen LogP contribution in [0.2, 0.25) is 0 Å². The number of anilines is 2. The number of aryl methyl sites for hydroxylation is 2. The Morgan fingerprint density at radius 3 is 2.82 bits per heavy atom. The van der Waals surface area contributed by atoms with Crippen LogP contribution < -0.4 is 15.4 Å². The van der Waals surface area contributed by atoms with E-state index in [-0.39, 0.29) is 11.8 Å². The second kappa shape index (κ2) is 5.18. The highest BCUT2D eigenvalue weighted by molar-refractivity contribution is 6.06. The zero-order valence-corrected chi connectivity index (χ0v) is 12.4. The molecule has 2 amide bonds. The van der Waals surface area contributed by atoms with Crippen LogP contribution >= 0.6 is 0 Å². The Morgan fingerprint density at radius 2 is 2.14 bits per heavy atom. The van der Waals surface area contributed by atoms with Crippen molar-refractivity contribution in [2.24, 2.45) is 0 Å². The molecule has 1 aliphatic rings. The minimum atomic E-state index is -0.532. The lowest BCUT2D eigenvalue weighted by molar-refractivity contribution is -0.122. The normalized spacial score (nSPS) is 16.5. The van der Waals surface area contributed by atoms with Gasteiger partial charge in [0.25, 0.3) is 11.8 Å². The van der Waals surface area contributed by atoms with Crippen LogP contribution in [0.1, 0.15) is 28.7 Å². The Balaban J connectivity index is 1.84. The highest BCUT2D eigenvalue weighted by atomic mass is 16.5. The number of nitrogens with zero attached hydrogens (tertiary/aromatic N) is 1. The van der Waals surface area contributed by atoms with Crippen molar-refractivity contribution in [3.63, 3.8) is 0 Å². The van der Waals surface area contributed by atoms with Gasteiger partial charge in [-0.1, -0.05) is 5.16 Å². The van der Waals surface area contributed by atoms with Gasteiger partial charge in [-0.25, -0.2) is 0 Å². The number of carbonyl (C=O) groups is 2. The fourth-order valence-electron chi connectivity index (χ4n) is 2.29. The Kier molecular flexibility index (Phi) is 3.32. The lowest BCUT2D eigenvalue weighted by atomic mass is 10.1. The molecule has 1 aromatic carbocycles. The summed E-state index contributed by atoms with van der Waals surface area (Å²) >= 11 is 0. The van der Waals surface area contributed by atoms with Gasteiger partial charge in [0.15, 0.2) is 6.10 Å². The first-order valence-corrected chi connectivity index (χ1v) is 6.81. The number of rotatable bonds is 2. The third-order valence-electron chi connectivity index (χ3n) is 3.43. The van der Waals surface area contributed by atoms with E-state index in [4.69, 9.17) is 9.26 Å². The van der Waals surface area contributed by atoms with Crippen molar-refractivity contribution in [1.82, 2.24) is 5.16 Å². The van der Waals surface area contributed by atoms with E-state index in [9.17, 15) is 9.59 Å². The molecule has 2 N–H and O–H groups in total. The van der Waals surface area contributed by atoms with Crippen molar-refractivity contribution >= 4 is 23.2 Å². The number of hydrogen-bond donors (Lipinski definition) is 2. The minimum absolute atomic E-state index is 0.221. The molecule has 0 radical (unpaired) electrons. The Morgan fingerprint density at radius 1 is 1.36 bits per heavy atom. The number of hydrogen-bond acceptors (Lipinski definition) is 5. The summed E-state index contributed by atoms with van der Waals surface area (Å²) in [4.78, 5) is 23.9. The van der Waals surface area contributed by atoms with E-state index >= 15 is 0 Å². The molecular formula is C15H15N3O4. The molecule has 0 saturated carbocycles. The van der Waals surface area contributed by atoms with Gasteiger partial charge >= 0.3 is 0 Å². The van der Waals surface area contributed by atoms with Crippen LogP contribution in [0.15, 0.2) is 22.7 Å². The van der Waals surface area contributed by atoms with E-state index in [0.717, 1.165) is 0 Å². The third-order valence-corrected chi connectivity index (χ3v) is 3.43. The van der Waals surface area contributed by atoms with Gasteiger partial charge in [-0.05, 0) is 39.0 Å². The molecular weight excluding hydrogens is 286 g/mol. The molecule has 0 saturated heterocycles. The largest absolute Gasteiger partial charge is 0.479 e. The second-order valence-corrected chi connectivity index (χ2v) is 5.11. The van der Waals surface area contributed by atoms with Gasteiger partial charge in [0, 0.05) is 5.69 Å². The van der Waals surface area contributed by atoms with Gasteiger partial charge in [-0.15, -0.1) is 0 Å². The average molecular weight is 301 g/mol. The maximum Gasteiger partial charge on any atom is 0.265 e. The number of fused-ring (bicyclic) bond motifs is 1. The highest BCUT2D eigenvalue weighted by Gasteiger charge is 2.24. The summed E-state index contributed by atoms with van der Waals surface area (Å²) in [5, 5.41) is 9.25. The van der Waals surface area contributed by atoms with E-state index in [1.165, 1.54) is 0 Å². The van der Waals surface area contributed by atoms with Crippen LogP contribution in [0.3, 0.4) is 0 Å². The zero-order chi connectivity index (χ0) is 15.9. The second-order valence-electron chi connectivity index (χ2n) is 5.11. The van der Waals surface area contributed by atoms with E-state index in [2.05, 4.69) is 15.8 Å². The topological polar surface area (TPSA) is 93.5 Å². The molecule has 0 aliphatic carbocycles. The monoisotopic (exact) mass is 301 g/mol. The predicted octanol–water partition coefficient (Wildman–Crippen LogP) is 2.26. The summed E-state index contributed by atoms with van der Waals surface area (Å²) in [7, 11) is 0. The number of ether oxygens (including phenoxy) is 1. The van der Waals surface area contributed by atoms with Crippen molar-refractivity contribution in [2.75, 3.05) is 10.6 Å². The summed E-state index contributed by atoms with van der Waals surface area (Å²) < 4.78 is 10.4. The van der Waals surface area contributed by atoms with Crippen LogP contribution in [0.5, 0.6) is 5.75 Å². The number of carbonyl (C=O) groups excluding carboxylic acids is 2. The van der Waals surface area contributed by atoms with Crippen molar-refractivity contribution in [3.05, 3.63) is 35.2 Å². The van der Waals surface area contributed by atoms with Gasteiger partial charge < -0.3 is 19.9 Å². The molecule has 3 rings (SSSR count). The number of amides is 2. The molecule has 1 atom stereocenters. The Labute approximate surface area is 126 Å². The SMILES string of the molecule is Cc1noc(C)c1C(=O)Nc1ccc2c(c1)NC(=O)[C@H](C)O2. The minimum Gasteiger partial charge on any atom is -0.479 e. The smallest absolute Gasteiger partial charge is 0.265 e.